The Morgan fingerprint density at radius 1 is 1.17 bits per heavy atom. The van der Waals surface area contributed by atoms with Crippen molar-refractivity contribution in [2.24, 2.45) is 0 Å². The molecule has 0 bridgehead atoms. The van der Waals surface area contributed by atoms with Crippen LogP contribution in [0.15, 0.2) is 53.5 Å². The predicted octanol–water partition coefficient (Wildman–Crippen LogP) is 2.01. The normalized spacial score (nSPS) is 18.1. The fourth-order valence-electron chi connectivity index (χ4n) is 4.10. The van der Waals surface area contributed by atoms with Gasteiger partial charge in [0.05, 0.1) is 30.5 Å². The van der Waals surface area contributed by atoms with E-state index < -0.39 is 10.0 Å². The van der Waals surface area contributed by atoms with Crippen molar-refractivity contribution in [3.8, 4) is 0 Å². The molecule has 1 aliphatic heterocycles. The highest BCUT2D eigenvalue weighted by atomic mass is 32.2. The van der Waals surface area contributed by atoms with E-state index in [-0.39, 0.29) is 24.0 Å². The molecule has 1 saturated heterocycles. The Kier molecular flexibility index (Phi) is 6.03. The number of piperidine rings is 1. The highest BCUT2D eigenvalue weighted by Gasteiger charge is 2.32. The van der Waals surface area contributed by atoms with Gasteiger partial charge in [-0.05, 0) is 30.5 Å². The van der Waals surface area contributed by atoms with Crippen LogP contribution in [0.25, 0.3) is 11.2 Å². The number of nitrogens with zero attached hydrogens (tertiary/aromatic N) is 4. The van der Waals surface area contributed by atoms with Gasteiger partial charge in [-0.25, -0.2) is 18.2 Å². The number of hydrogen-bond acceptors (Lipinski definition) is 5. The number of fused-ring (bicyclic) bond motifs is 1. The Morgan fingerprint density at radius 3 is 2.73 bits per heavy atom. The van der Waals surface area contributed by atoms with Gasteiger partial charge < -0.3 is 4.74 Å². The summed E-state index contributed by atoms with van der Waals surface area (Å²) in [4.78, 5) is 17.6. The zero-order chi connectivity index (χ0) is 21.1. The molecule has 160 valence electrons. The van der Waals surface area contributed by atoms with Crippen LogP contribution in [0, 0.1) is 0 Å². The second-order valence-electron chi connectivity index (χ2n) is 7.54. The van der Waals surface area contributed by atoms with Gasteiger partial charge in [-0.15, -0.1) is 0 Å². The topological polar surface area (TPSA) is 86.4 Å². The van der Waals surface area contributed by atoms with Crippen molar-refractivity contribution >= 4 is 21.2 Å². The van der Waals surface area contributed by atoms with Crippen molar-refractivity contribution in [3.05, 3.63) is 64.7 Å². The Bertz CT molecular complexity index is 1170. The Labute approximate surface area is 175 Å². The molecule has 4 rings (SSSR count). The van der Waals surface area contributed by atoms with E-state index in [0.717, 1.165) is 17.5 Å². The Hall–Kier alpha value is -2.49. The molecule has 0 radical (unpaired) electrons. The van der Waals surface area contributed by atoms with Gasteiger partial charge in [0, 0.05) is 26.4 Å². The fourth-order valence-corrected chi connectivity index (χ4v) is 5.70. The number of pyridine rings is 1. The lowest BCUT2D eigenvalue weighted by Crippen LogP contribution is -2.43. The lowest BCUT2D eigenvalue weighted by atomic mass is 10.1. The summed E-state index contributed by atoms with van der Waals surface area (Å²) in [5, 5.41) is 0. The van der Waals surface area contributed by atoms with Crippen molar-refractivity contribution in [3.63, 3.8) is 0 Å². The van der Waals surface area contributed by atoms with Crippen LogP contribution >= 0.6 is 0 Å². The molecule has 0 amide bonds. The number of hydrogen-bond donors (Lipinski definition) is 0. The molecule has 1 aromatic carbocycles. The van der Waals surface area contributed by atoms with E-state index in [9.17, 15) is 13.2 Å². The molecule has 3 aromatic rings. The molecule has 0 unspecified atom stereocenters. The molecular weight excluding hydrogens is 404 g/mol. The van der Waals surface area contributed by atoms with E-state index in [0.29, 0.717) is 31.8 Å². The number of benzene rings is 1. The van der Waals surface area contributed by atoms with Gasteiger partial charge in [0.1, 0.15) is 0 Å². The Balaban J connectivity index is 1.64. The third kappa shape index (κ3) is 4.05. The number of methoxy groups -OCH3 is 1. The van der Waals surface area contributed by atoms with E-state index in [1.807, 2.05) is 36.4 Å². The van der Waals surface area contributed by atoms with Crippen LogP contribution in [0.3, 0.4) is 0 Å². The molecule has 0 aliphatic carbocycles. The van der Waals surface area contributed by atoms with Crippen LogP contribution in [-0.4, -0.2) is 53.6 Å². The van der Waals surface area contributed by atoms with Crippen LogP contribution in [0.1, 0.15) is 24.4 Å². The SMILES string of the molecule is COCCn1c(=O)n([C@H]2CCCN(S(=O)(=O)Cc3ccccc3)C2)c2ncccc21. The van der Waals surface area contributed by atoms with Gasteiger partial charge in [0.25, 0.3) is 0 Å². The van der Waals surface area contributed by atoms with Crippen LogP contribution < -0.4 is 5.69 Å². The summed E-state index contributed by atoms with van der Waals surface area (Å²) in [6.07, 6.45) is 3.09. The fraction of sp³-hybridized carbons (Fsp3) is 0.429. The molecule has 1 fully saturated rings. The van der Waals surface area contributed by atoms with Crippen molar-refractivity contribution in [1.82, 2.24) is 18.4 Å². The summed E-state index contributed by atoms with van der Waals surface area (Å²) in [5.74, 6) is -0.0384. The maximum absolute atomic E-state index is 13.2. The summed E-state index contributed by atoms with van der Waals surface area (Å²) in [6.45, 7) is 1.58. The van der Waals surface area contributed by atoms with E-state index in [4.69, 9.17) is 4.74 Å². The van der Waals surface area contributed by atoms with Gasteiger partial charge in [-0.1, -0.05) is 30.3 Å². The zero-order valence-corrected chi connectivity index (χ0v) is 17.8. The first-order chi connectivity index (χ1) is 14.5. The summed E-state index contributed by atoms with van der Waals surface area (Å²) < 4.78 is 36.0. The van der Waals surface area contributed by atoms with Gasteiger partial charge in [0.2, 0.25) is 10.0 Å². The maximum Gasteiger partial charge on any atom is 0.330 e. The highest BCUT2D eigenvalue weighted by Crippen LogP contribution is 2.26. The monoisotopic (exact) mass is 430 g/mol. The van der Waals surface area contributed by atoms with E-state index in [2.05, 4.69) is 4.98 Å². The number of ether oxygens (including phenoxy) is 1. The van der Waals surface area contributed by atoms with Crippen LogP contribution in [0.5, 0.6) is 0 Å². The third-order valence-corrected chi connectivity index (χ3v) is 7.37. The van der Waals surface area contributed by atoms with Crippen LogP contribution in [-0.2, 0) is 27.1 Å². The summed E-state index contributed by atoms with van der Waals surface area (Å²) >= 11 is 0. The van der Waals surface area contributed by atoms with Crippen molar-refractivity contribution in [1.29, 1.82) is 0 Å². The smallest absolute Gasteiger partial charge is 0.330 e. The first-order valence-corrected chi connectivity index (χ1v) is 11.7. The summed E-state index contributed by atoms with van der Waals surface area (Å²) in [7, 11) is -1.88. The van der Waals surface area contributed by atoms with E-state index in [1.54, 1.807) is 28.5 Å². The lowest BCUT2D eigenvalue weighted by Gasteiger charge is -2.32. The molecule has 30 heavy (non-hydrogen) atoms. The van der Waals surface area contributed by atoms with Gasteiger partial charge in [-0.3, -0.25) is 9.13 Å². The lowest BCUT2D eigenvalue weighted by molar-refractivity contribution is 0.186. The second-order valence-corrected chi connectivity index (χ2v) is 9.51. The molecular formula is C21H26N4O4S. The largest absolute Gasteiger partial charge is 0.383 e. The van der Waals surface area contributed by atoms with Gasteiger partial charge in [0.15, 0.2) is 5.65 Å². The summed E-state index contributed by atoms with van der Waals surface area (Å²) in [6, 6.07) is 12.6. The molecule has 0 N–H and O–H groups in total. The molecule has 1 atom stereocenters. The van der Waals surface area contributed by atoms with E-state index >= 15 is 0 Å². The minimum atomic E-state index is -3.48. The molecule has 8 nitrogen and oxygen atoms in total. The van der Waals surface area contributed by atoms with Gasteiger partial charge >= 0.3 is 5.69 Å². The number of aromatic nitrogens is 3. The number of rotatable bonds is 7. The van der Waals surface area contributed by atoms with Crippen molar-refractivity contribution < 1.29 is 13.2 Å². The number of sulfonamides is 1. The molecule has 3 heterocycles. The Morgan fingerprint density at radius 2 is 1.97 bits per heavy atom. The minimum Gasteiger partial charge on any atom is -0.383 e. The number of imidazole rings is 1. The minimum absolute atomic E-state index is 0.0384. The molecule has 2 aromatic heterocycles. The van der Waals surface area contributed by atoms with Crippen molar-refractivity contribution in [2.75, 3.05) is 26.8 Å². The maximum atomic E-state index is 13.2. The first-order valence-electron chi connectivity index (χ1n) is 10.1. The van der Waals surface area contributed by atoms with Crippen molar-refractivity contribution in [2.45, 2.75) is 31.2 Å². The second kappa shape index (κ2) is 8.71. The van der Waals surface area contributed by atoms with Crippen LogP contribution in [0.4, 0.5) is 0 Å². The van der Waals surface area contributed by atoms with Crippen LogP contribution in [0.2, 0.25) is 0 Å². The average molecular weight is 431 g/mol. The highest BCUT2D eigenvalue weighted by molar-refractivity contribution is 7.88. The third-order valence-electron chi connectivity index (χ3n) is 5.55. The predicted molar refractivity (Wildman–Crippen MR) is 115 cm³/mol. The molecule has 0 spiro atoms. The summed E-state index contributed by atoms with van der Waals surface area (Å²) in [5.41, 5.74) is 1.91. The van der Waals surface area contributed by atoms with Gasteiger partial charge in [-0.2, -0.15) is 4.31 Å². The quantitative estimate of drug-likeness (QED) is 0.572. The average Bonchev–Trinajstić information content (AvgIpc) is 3.04. The standard InChI is InChI=1S/C21H26N4O4S/c1-29-14-13-24-19-10-5-11-22-20(19)25(21(24)26)18-9-6-12-23(15-18)30(27,28)16-17-7-3-2-4-8-17/h2-5,7-8,10-11,18H,6,9,12-16H2,1H3/t18-/m0/s1. The molecule has 1 aliphatic rings. The zero-order valence-electron chi connectivity index (χ0n) is 17.0. The molecule has 9 heteroatoms. The molecule has 0 saturated carbocycles. The van der Waals surface area contributed by atoms with E-state index in [1.165, 1.54) is 4.31 Å². The first kappa shape index (κ1) is 20.8.